The van der Waals surface area contributed by atoms with E-state index in [1.807, 2.05) is 0 Å². The van der Waals surface area contributed by atoms with Gasteiger partial charge in [-0.1, -0.05) is 19.6 Å². The summed E-state index contributed by atoms with van der Waals surface area (Å²) in [5.41, 5.74) is 5.65. The standard InChI is InChI=1S/C35H46N10O3S/c1-7-24-21-29(31(48-5)22-30(24)45-15-11-26(12-16-45)44-19-17-42(3)18-20-44)40-35-38-23-25(8-2)34(41-35)39-28-10-9-27-32(37-14-13-36-27)33(28)43(4)49(6,46)47/h8-10,13-14,21-23,26H,2,7,11-12,15-20H2,1,3-6H3,(H2,38,39,40,41). The zero-order valence-electron chi connectivity index (χ0n) is 29.0. The molecule has 4 heterocycles. The first-order chi connectivity index (χ1) is 23.6. The number of sulfonamides is 1. The highest BCUT2D eigenvalue weighted by Crippen LogP contribution is 2.38. The van der Waals surface area contributed by atoms with Crippen molar-refractivity contribution in [3.63, 3.8) is 0 Å². The molecule has 0 bridgehead atoms. The van der Waals surface area contributed by atoms with Crippen LogP contribution in [-0.4, -0.2) is 111 Å². The van der Waals surface area contributed by atoms with E-state index in [1.54, 1.807) is 37.7 Å². The minimum Gasteiger partial charge on any atom is -0.494 e. The quantitative estimate of drug-likeness (QED) is 0.226. The van der Waals surface area contributed by atoms with Crippen molar-refractivity contribution in [3.05, 3.63) is 60.6 Å². The summed E-state index contributed by atoms with van der Waals surface area (Å²) in [6.45, 7) is 12.7. The molecule has 2 N–H and O–H groups in total. The molecule has 2 aliphatic rings. The fourth-order valence-electron chi connectivity index (χ4n) is 6.67. The van der Waals surface area contributed by atoms with Crippen LogP contribution in [0.1, 0.15) is 30.9 Å². The average molecular weight is 687 g/mol. The molecule has 2 fully saturated rings. The second-order valence-electron chi connectivity index (χ2n) is 12.7. The molecule has 0 unspecified atom stereocenters. The summed E-state index contributed by atoms with van der Waals surface area (Å²) in [6.07, 6.45) is 10.7. The molecule has 13 nitrogen and oxygen atoms in total. The largest absolute Gasteiger partial charge is 0.494 e. The summed E-state index contributed by atoms with van der Waals surface area (Å²) >= 11 is 0. The molecular formula is C35H46N10O3S. The van der Waals surface area contributed by atoms with Crippen molar-refractivity contribution in [1.29, 1.82) is 0 Å². The number of likely N-dealkylation sites (N-methyl/N-ethyl adjacent to an activating group) is 1. The highest BCUT2D eigenvalue weighted by molar-refractivity contribution is 7.92. The third-order valence-electron chi connectivity index (χ3n) is 9.60. The summed E-state index contributed by atoms with van der Waals surface area (Å²) in [5, 5.41) is 6.69. The van der Waals surface area contributed by atoms with Gasteiger partial charge in [0.1, 0.15) is 22.8 Å². The Kier molecular flexibility index (Phi) is 10.2. The highest BCUT2D eigenvalue weighted by atomic mass is 32.2. The molecule has 0 aliphatic carbocycles. The molecule has 0 saturated carbocycles. The number of benzene rings is 2. The summed E-state index contributed by atoms with van der Waals surface area (Å²) in [4.78, 5) is 25.7. The number of aromatic nitrogens is 4. The molecule has 0 spiro atoms. The normalized spacial score (nSPS) is 16.5. The fraction of sp³-hybridized carbons (Fsp3) is 0.429. The number of piperazine rings is 1. The molecule has 0 amide bonds. The Balaban J connectivity index is 1.26. The van der Waals surface area contributed by atoms with Gasteiger partial charge in [0, 0.05) is 88.3 Å². The number of rotatable bonds is 11. The van der Waals surface area contributed by atoms with E-state index in [9.17, 15) is 8.42 Å². The third-order valence-corrected chi connectivity index (χ3v) is 10.8. The van der Waals surface area contributed by atoms with Crippen LogP contribution >= 0.6 is 0 Å². The highest BCUT2D eigenvalue weighted by Gasteiger charge is 2.28. The van der Waals surface area contributed by atoms with Crippen molar-refractivity contribution >= 4 is 61.6 Å². The molecule has 0 radical (unpaired) electrons. The van der Waals surface area contributed by atoms with Gasteiger partial charge in [-0.3, -0.25) is 19.2 Å². The van der Waals surface area contributed by atoms with Crippen LogP contribution in [0.15, 0.2) is 49.4 Å². The van der Waals surface area contributed by atoms with Crippen LogP contribution in [0.2, 0.25) is 0 Å². The van der Waals surface area contributed by atoms with E-state index in [1.165, 1.54) is 28.8 Å². The van der Waals surface area contributed by atoms with Crippen LogP contribution in [-0.2, 0) is 16.4 Å². The zero-order chi connectivity index (χ0) is 34.7. The lowest BCUT2D eigenvalue weighted by Crippen LogP contribution is -2.52. The summed E-state index contributed by atoms with van der Waals surface area (Å²) in [7, 11) is 1.74. The molecule has 2 saturated heterocycles. The SMILES string of the molecule is C=Cc1cnc(Nc2cc(CC)c(N3CCC(N4CCN(C)CC4)CC3)cc2OC)nc1Nc1ccc2nccnc2c1N(C)S(C)(=O)=O. The number of piperidine rings is 1. The lowest BCUT2D eigenvalue weighted by molar-refractivity contribution is 0.0982. The van der Waals surface area contributed by atoms with Gasteiger partial charge in [0.15, 0.2) is 0 Å². The Morgan fingerprint density at radius 2 is 1.76 bits per heavy atom. The van der Waals surface area contributed by atoms with Gasteiger partial charge in [0.05, 0.1) is 30.3 Å². The van der Waals surface area contributed by atoms with Gasteiger partial charge >= 0.3 is 0 Å². The Bertz CT molecular complexity index is 1920. The summed E-state index contributed by atoms with van der Waals surface area (Å²) < 4.78 is 32.4. The van der Waals surface area contributed by atoms with Crippen molar-refractivity contribution in [2.75, 3.05) is 86.6 Å². The first kappa shape index (κ1) is 34.3. The van der Waals surface area contributed by atoms with Crippen molar-refractivity contribution < 1.29 is 13.2 Å². The van der Waals surface area contributed by atoms with Gasteiger partial charge in [-0.05, 0) is 50.1 Å². The van der Waals surface area contributed by atoms with E-state index >= 15 is 0 Å². The molecule has 14 heteroatoms. The van der Waals surface area contributed by atoms with E-state index in [0.717, 1.165) is 70.5 Å². The summed E-state index contributed by atoms with van der Waals surface area (Å²) in [5.74, 6) is 1.48. The third kappa shape index (κ3) is 7.41. The number of hydrogen-bond acceptors (Lipinski definition) is 12. The van der Waals surface area contributed by atoms with Crippen molar-refractivity contribution in [3.8, 4) is 5.75 Å². The average Bonchev–Trinajstić information content (AvgIpc) is 3.11. The van der Waals surface area contributed by atoms with E-state index < -0.39 is 10.0 Å². The van der Waals surface area contributed by atoms with Crippen molar-refractivity contribution in [1.82, 2.24) is 29.7 Å². The second kappa shape index (κ2) is 14.5. The number of nitrogens with one attached hydrogen (secondary N) is 2. The molecule has 49 heavy (non-hydrogen) atoms. The van der Waals surface area contributed by atoms with Crippen LogP contribution in [0.4, 0.5) is 34.5 Å². The topological polar surface area (TPSA) is 132 Å². The van der Waals surface area contributed by atoms with Crippen molar-refractivity contribution in [2.45, 2.75) is 32.2 Å². The number of anilines is 6. The molecule has 0 atom stereocenters. The second-order valence-corrected chi connectivity index (χ2v) is 14.7. The number of fused-ring (bicyclic) bond motifs is 1. The van der Waals surface area contributed by atoms with Gasteiger partial charge in [0.25, 0.3) is 0 Å². The maximum Gasteiger partial charge on any atom is 0.232 e. The molecular weight excluding hydrogens is 641 g/mol. The minimum absolute atomic E-state index is 0.341. The van der Waals surface area contributed by atoms with Gasteiger partial charge in [-0.25, -0.2) is 13.4 Å². The van der Waals surface area contributed by atoms with Gasteiger partial charge in [-0.15, -0.1) is 0 Å². The maximum atomic E-state index is 12.7. The number of aryl methyl sites for hydroxylation is 1. The van der Waals surface area contributed by atoms with E-state index in [4.69, 9.17) is 9.72 Å². The van der Waals surface area contributed by atoms with E-state index in [2.05, 4.69) is 73.0 Å². The number of ether oxygens (including phenoxy) is 1. The molecule has 4 aromatic rings. The van der Waals surface area contributed by atoms with Crippen LogP contribution in [0, 0.1) is 0 Å². The number of methoxy groups -OCH3 is 1. The maximum absolute atomic E-state index is 12.7. The fourth-order valence-corrected chi connectivity index (χ4v) is 7.19. The number of nitrogens with zero attached hydrogens (tertiary/aromatic N) is 8. The predicted octanol–water partition coefficient (Wildman–Crippen LogP) is 4.73. The van der Waals surface area contributed by atoms with Crippen LogP contribution < -0.4 is 24.6 Å². The Morgan fingerprint density at radius 1 is 1.02 bits per heavy atom. The van der Waals surface area contributed by atoms with Gasteiger partial charge in [0.2, 0.25) is 16.0 Å². The molecule has 2 aliphatic heterocycles. The van der Waals surface area contributed by atoms with Gasteiger partial charge < -0.3 is 25.2 Å². The molecule has 2 aromatic carbocycles. The molecule has 260 valence electrons. The first-order valence-electron chi connectivity index (χ1n) is 16.7. The van der Waals surface area contributed by atoms with Gasteiger partial charge in [-0.2, -0.15) is 4.98 Å². The van der Waals surface area contributed by atoms with E-state index in [0.29, 0.717) is 51.5 Å². The van der Waals surface area contributed by atoms with Crippen molar-refractivity contribution in [2.24, 2.45) is 0 Å². The Morgan fingerprint density at radius 3 is 2.43 bits per heavy atom. The zero-order valence-corrected chi connectivity index (χ0v) is 29.8. The Hall–Kier alpha value is -4.53. The molecule has 2 aromatic heterocycles. The van der Waals surface area contributed by atoms with Crippen LogP contribution in [0.5, 0.6) is 5.75 Å². The lowest BCUT2D eigenvalue weighted by Gasteiger charge is -2.43. The smallest absolute Gasteiger partial charge is 0.232 e. The lowest BCUT2D eigenvalue weighted by atomic mass is 9.99. The summed E-state index contributed by atoms with van der Waals surface area (Å²) in [6, 6.07) is 8.44. The van der Waals surface area contributed by atoms with Crippen LogP contribution in [0.3, 0.4) is 0 Å². The first-order valence-corrected chi connectivity index (χ1v) is 18.5. The monoisotopic (exact) mass is 686 g/mol. The predicted molar refractivity (Wildman–Crippen MR) is 198 cm³/mol. The van der Waals surface area contributed by atoms with E-state index in [-0.39, 0.29) is 0 Å². The minimum atomic E-state index is -3.62. The number of hydrogen-bond donors (Lipinski definition) is 2. The Labute approximate surface area is 289 Å². The van der Waals surface area contributed by atoms with Crippen LogP contribution in [0.25, 0.3) is 17.1 Å². The molecule has 6 rings (SSSR count).